The van der Waals surface area contributed by atoms with Crippen LogP contribution in [-0.2, 0) is 0 Å². The van der Waals surface area contributed by atoms with Crippen molar-refractivity contribution in [3.8, 4) is 0 Å². The molecule has 1 saturated carbocycles. The van der Waals surface area contributed by atoms with Gasteiger partial charge in [-0.05, 0) is 48.9 Å². The molecule has 1 N–H and O–H groups in total. The number of rotatable bonds is 5. The van der Waals surface area contributed by atoms with Crippen molar-refractivity contribution in [2.24, 2.45) is 11.8 Å². The van der Waals surface area contributed by atoms with Crippen LogP contribution in [0.15, 0.2) is 29.2 Å². The summed E-state index contributed by atoms with van der Waals surface area (Å²) in [5, 5.41) is 3.60. The molecule has 1 aliphatic carbocycles. The van der Waals surface area contributed by atoms with Crippen LogP contribution < -0.4 is 5.32 Å². The first-order valence-electron chi connectivity index (χ1n) is 7.37. The zero-order valence-electron chi connectivity index (χ0n) is 12.1. The Morgan fingerprint density at radius 1 is 1.10 bits per heavy atom. The molecular formula is C16H23F2NS. The van der Waals surface area contributed by atoms with E-state index in [0.29, 0.717) is 34.5 Å². The van der Waals surface area contributed by atoms with Crippen LogP contribution in [-0.4, -0.2) is 11.8 Å². The number of alkyl halides is 2. The van der Waals surface area contributed by atoms with Crippen molar-refractivity contribution in [1.82, 2.24) is 0 Å². The lowest BCUT2D eigenvalue weighted by molar-refractivity contribution is 0.252. The Balaban J connectivity index is 1.97. The molecule has 112 valence electrons. The standard InChI is InChI=1S/C16H23F2NS/c1-11(2)14-5-3-4-6-15(14)19-12-7-9-13(10-8-12)20-16(17)18/h7-11,14-16,19H,3-6H2,1-2H3. The molecule has 0 aromatic heterocycles. The number of anilines is 1. The highest BCUT2D eigenvalue weighted by Crippen LogP contribution is 2.33. The number of hydrogen-bond acceptors (Lipinski definition) is 2. The van der Waals surface area contributed by atoms with Crippen molar-refractivity contribution in [3.05, 3.63) is 24.3 Å². The number of thioether (sulfide) groups is 1. The number of halogens is 2. The molecule has 20 heavy (non-hydrogen) atoms. The van der Waals surface area contributed by atoms with E-state index < -0.39 is 5.76 Å². The molecule has 1 fully saturated rings. The van der Waals surface area contributed by atoms with E-state index in [-0.39, 0.29) is 0 Å². The van der Waals surface area contributed by atoms with Gasteiger partial charge in [-0.25, -0.2) is 0 Å². The second-order valence-corrected chi connectivity index (χ2v) is 6.91. The minimum Gasteiger partial charge on any atom is -0.382 e. The molecule has 0 radical (unpaired) electrons. The van der Waals surface area contributed by atoms with Crippen LogP contribution in [0, 0.1) is 11.8 Å². The molecule has 0 spiro atoms. The van der Waals surface area contributed by atoms with Crippen LogP contribution in [0.1, 0.15) is 39.5 Å². The molecule has 1 aromatic carbocycles. The number of hydrogen-bond donors (Lipinski definition) is 1. The molecule has 0 heterocycles. The summed E-state index contributed by atoms with van der Waals surface area (Å²) in [6.45, 7) is 4.57. The van der Waals surface area contributed by atoms with Crippen molar-refractivity contribution in [2.75, 3.05) is 5.32 Å². The summed E-state index contributed by atoms with van der Waals surface area (Å²) in [7, 11) is 0. The third-order valence-electron chi connectivity index (χ3n) is 4.11. The topological polar surface area (TPSA) is 12.0 Å². The Morgan fingerprint density at radius 3 is 2.35 bits per heavy atom. The largest absolute Gasteiger partial charge is 0.382 e. The fraction of sp³-hybridized carbons (Fsp3) is 0.625. The fourth-order valence-corrected chi connectivity index (χ4v) is 3.58. The maximum atomic E-state index is 12.3. The smallest absolute Gasteiger partial charge is 0.288 e. The van der Waals surface area contributed by atoms with E-state index in [0.717, 1.165) is 5.69 Å². The van der Waals surface area contributed by atoms with Gasteiger partial charge in [-0.15, -0.1) is 0 Å². The molecule has 0 bridgehead atoms. The van der Waals surface area contributed by atoms with E-state index in [4.69, 9.17) is 0 Å². The van der Waals surface area contributed by atoms with Gasteiger partial charge in [-0.2, -0.15) is 8.78 Å². The van der Waals surface area contributed by atoms with Gasteiger partial charge in [0.1, 0.15) is 0 Å². The SMILES string of the molecule is CC(C)C1CCCCC1Nc1ccc(SC(F)F)cc1. The maximum absolute atomic E-state index is 12.3. The van der Waals surface area contributed by atoms with E-state index in [2.05, 4.69) is 19.2 Å². The van der Waals surface area contributed by atoms with Gasteiger partial charge in [0.2, 0.25) is 0 Å². The van der Waals surface area contributed by atoms with Gasteiger partial charge in [0.05, 0.1) is 0 Å². The summed E-state index contributed by atoms with van der Waals surface area (Å²) >= 11 is 0.598. The quantitative estimate of drug-likeness (QED) is 0.707. The highest BCUT2D eigenvalue weighted by Gasteiger charge is 2.27. The molecule has 1 aromatic rings. The maximum Gasteiger partial charge on any atom is 0.288 e. The van der Waals surface area contributed by atoms with Crippen LogP contribution >= 0.6 is 11.8 Å². The fourth-order valence-electron chi connectivity index (χ4n) is 3.08. The van der Waals surface area contributed by atoms with E-state index in [1.54, 1.807) is 12.1 Å². The molecule has 0 amide bonds. The second kappa shape index (κ2) is 7.30. The van der Waals surface area contributed by atoms with Crippen molar-refractivity contribution < 1.29 is 8.78 Å². The number of benzene rings is 1. The molecular weight excluding hydrogens is 276 g/mol. The zero-order valence-corrected chi connectivity index (χ0v) is 12.9. The molecule has 2 atom stereocenters. The van der Waals surface area contributed by atoms with Gasteiger partial charge in [-0.1, -0.05) is 38.5 Å². The van der Waals surface area contributed by atoms with Gasteiger partial charge in [0, 0.05) is 16.6 Å². The molecule has 1 nitrogen and oxygen atoms in total. The Labute approximate surface area is 124 Å². The molecule has 1 aliphatic rings. The Hall–Kier alpha value is -0.770. The minimum atomic E-state index is -2.35. The average molecular weight is 299 g/mol. The van der Waals surface area contributed by atoms with Gasteiger partial charge >= 0.3 is 0 Å². The van der Waals surface area contributed by atoms with Gasteiger partial charge in [0.25, 0.3) is 5.76 Å². The van der Waals surface area contributed by atoms with E-state index in [9.17, 15) is 8.78 Å². The van der Waals surface area contributed by atoms with Crippen LogP contribution in [0.5, 0.6) is 0 Å². The lowest BCUT2D eigenvalue weighted by atomic mass is 9.78. The van der Waals surface area contributed by atoms with Gasteiger partial charge < -0.3 is 5.32 Å². The van der Waals surface area contributed by atoms with Crippen molar-refractivity contribution in [1.29, 1.82) is 0 Å². The third kappa shape index (κ3) is 4.37. The first kappa shape index (κ1) is 15.6. The van der Waals surface area contributed by atoms with Crippen LogP contribution in [0.3, 0.4) is 0 Å². The molecule has 0 aliphatic heterocycles. The van der Waals surface area contributed by atoms with Crippen molar-refractivity contribution in [2.45, 2.75) is 56.2 Å². The first-order valence-corrected chi connectivity index (χ1v) is 8.25. The Morgan fingerprint density at radius 2 is 1.75 bits per heavy atom. The zero-order chi connectivity index (χ0) is 14.5. The Kier molecular flexibility index (Phi) is 5.70. The van der Waals surface area contributed by atoms with E-state index in [1.807, 2.05) is 12.1 Å². The normalized spacial score (nSPS) is 23.3. The summed E-state index contributed by atoms with van der Waals surface area (Å²) in [5.41, 5.74) is 1.04. The van der Waals surface area contributed by atoms with Gasteiger partial charge in [0.15, 0.2) is 0 Å². The second-order valence-electron chi connectivity index (χ2n) is 5.85. The highest BCUT2D eigenvalue weighted by molar-refractivity contribution is 7.99. The summed E-state index contributed by atoms with van der Waals surface area (Å²) in [5.74, 6) is -0.960. The van der Waals surface area contributed by atoms with Crippen LogP contribution in [0.25, 0.3) is 0 Å². The lowest BCUT2D eigenvalue weighted by Crippen LogP contribution is -2.35. The predicted molar refractivity (Wildman–Crippen MR) is 82.5 cm³/mol. The highest BCUT2D eigenvalue weighted by atomic mass is 32.2. The average Bonchev–Trinajstić information content (AvgIpc) is 2.41. The summed E-state index contributed by atoms with van der Waals surface area (Å²) in [6.07, 6.45) is 5.09. The molecule has 2 unspecified atom stereocenters. The summed E-state index contributed by atoms with van der Waals surface area (Å²) in [6, 6.07) is 7.88. The van der Waals surface area contributed by atoms with Crippen molar-refractivity contribution in [3.63, 3.8) is 0 Å². The van der Waals surface area contributed by atoms with Gasteiger partial charge in [-0.3, -0.25) is 0 Å². The first-order chi connectivity index (χ1) is 9.56. The minimum absolute atomic E-state index is 0.511. The van der Waals surface area contributed by atoms with Crippen LogP contribution in [0.4, 0.5) is 14.5 Å². The van der Waals surface area contributed by atoms with Crippen molar-refractivity contribution >= 4 is 17.4 Å². The Bertz CT molecular complexity index is 405. The monoisotopic (exact) mass is 299 g/mol. The molecule has 2 rings (SSSR count). The molecule has 4 heteroatoms. The molecule has 0 saturated heterocycles. The predicted octanol–water partition coefficient (Wildman–Crippen LogP) is 5.63. The van der Waals surface area contributed by atoms with Crippen LogP contribution in [0.2, 0.25) is 0 Å². The summed E-state index contributed by atoms with van der Waals surface area (Å²) in [4.78, 5) is 0.620. The summed E-state index contributed by atoms with van der Waals surface area (Å²) < 4.78 is 24.6. The number of nitrogens with one attached hydrogen (secondary N) is 1. The third-order valence-corrected chi connectivity index (χ3v) is 4.83. The lowest BCUT2D eigenvalue weighted by Gasteiger charge is -2.35. The van der Waals surface area contributed by atoms with E-state index >= 15 is 0 Å². The van der Waals surface area contributed by atoms with E-state index in [1.165, 1.54) is 25.7 Å².